The van der Waals surface area contributed by atoms with Crippen molar-refractivity contribution in [3.63, 3.8) is 0 Å². The predicted octanol–water partition coefficient (Wildman–Crippen LogP) is 5.66. The summed E-state index contributed by atoms with van der Waals surface area (Å²) in [6, 6.07) is 21.0. The van der Waals surface area contributed by atoms with Crippen molar-refractivity contribution in [2.24, 2.45) is 34.8 Å². The Labute approximate surface area is 316 Å². The highest BCUT2D eigenvalue weighted by atomic mass is 16.7. The van der Waals surface area contributed by atoms with Crippen molar-refractivity contribution >= 4 is 17.5 Å². The van der Waals surface area contributed by atoms with E-state index in [1.807, 2.05) is 73.6 Å². The van der Waals surface area contributed by atoms with Crippen molar-refractivity contribution in [1.29, 1.82) is 0 Å². The van der Waals surface area contributed by atoms with Gasteiger partial charge >= 0.3 is 0 Å². The lowest BCUT2D eigenvalue weighted by molar-refractivity contribution is -0.174. The van der Waals surface area contributed by atoms with Crippen molar-refractivity contribution in [1.82, 2.24) is 15.7 Å². The minimum Gasteiger partial charge on any atom is -0.496 e. The molecular weight excluding hydrogens is 667 g/mol. The van der Waals surface area contributed by atoms with Gasteiger partial charge in [0.2, 0.25) is 5.91 Å². The monoisotopic (exact) mass is 727 g/mol. The summed E-state index contributed by atoms with van der Waals surface area (Å²) < 4.78 is 6.09. The van der Waals surface area contributed by atoms with E-state index >= 15 is 0 Å². The standard InChI is InChI=1S/C43H61N5O5/c1-26-20-36(27(2)28(3)43(26,5)6)46-42(51)39-38(29(4)49)37(24-44)53-48(39)25-31-16-13-17-35(40(31)52-9)32-21-33(23-34(22-32)47(7)8)41(50)45-19-18-30-14-11-10-12-15-30/h10-17,21-23,26-29,36-39,49H,18-20,24-25,44H2,1-9H3,(H,45,50)(H,46,51)/t26-,27+,28+,29+,36+,37+,38-,39+/m1/s1. The number of para-hydroxylation sites is 1. The molecule has 0 radical (unpaired) electrons. The number of ether oxygens (including phenoxy) is 1. The number of carbonyl (C=O) groups excluding carboxylic acids is 2. The number of benzene rings is 3. The van der Waals surface area contributed by atoms with Crippen LogP contribution in [-0.2, 0) is 22.6 Å². The number of methoxy groups -OCH3 is 1. The molecule has 3 aromatic carbocycles. The smallest absolute Gasteiger partial charge is 0.251 e. The number of nitrogens with two attached hydrogens (primary N) is 1. The van der Waals surface area contributed by atoms with Gasteiger partial charge in [0, 0.05) is 61.5 Å². The molecule has 10 heteroatoms. The first-order valence-electron chi connectivity index (χ1n) is 19.1. The molecule has 5 N–H and O–H groups in total. The molecule has 1 saturated heterocycles. The fraction of sp³-hybridized carbons (Fsp3) is 0.535. The molecule has 2 aliphatic rings. The van der Waals surface area contributed by atoms with Gasteiger partial charge in [0.1, 0.15) is 11.8 Å². The van der Waals surface area contributed by atoms with Crippen LogP contribution >= 0.6 is 0 Å². The number of nitrogens with zero attached hydrogens (tertiary/aromatic N) is 2. The van der Waals surface area contributed by atoms with E-state index in [0.717, 1.165) is 40.8 Å². The van der Waals surface area contributed by atoms with Crippen LogP contribution in [0.5, 0.6) is 5.75 Å². The van der Waals surface area contributed by atoms with Crippen molar-refractivity contribution in [3.05, 3.63) is 83.4 Å². The molecule has 53 heavy (non-hydrogen) atoms. The predicted molar refractivity (Wildman–Crippen MR) is 211 cm³/mol. The lowest BCUT2D eigenvalue weighted by Crippen LogP contribution is -2.56. The van der Waals surface area contributed by atoms with E-state index in [2.05, 4.69) is 57.4 Å². The summed E-state index contributed by atoms with van der Waals surface area (Å²) in [7, 11) is 5.52. The van der Waals surface area contributed by atoms with Crippen molar-refractivity contribution in [3.8, 4) is 16.9 Å². The highest BCUT2D eigenvalue weighted by Crippen LogP contribution is 2.47. The highest BCUT2D eigenvalue weighted by molar-refractivity contribution is 5.97. The molecule has 3 aromatic rings. The normalized spacial score (nSPS) is 26.1. The number of amides is 2. The lowest BCUT2D eigenvalue weighted by Gasteiger charge is -2.50. The topological polar surface area (TPSA) is 129 Å². The lowest BCUT2D eigenvalue weighted by atomic mass is 9.58. The number of rotatable bonds is 13. The first-order valence-corrected chi connectivity index (χ1v) is 19.1. The molecular formula is C43H61N5O5. The SMILES string of the molecule is COc1c(CN2O[C@@H](CN)[C@@H]([C@H](C)O)[C@H]2C(=O)N[C@H]2C[C@@H](C)C(C)(C)[C@@H](C)[C@@H]2C)cccc1-c1cc(C(=O)NCCc2ccccc2)cc(N(C)C)c1. The Morgan fingerprint density at radius 2 is 1.79 bits per heavy atom. The highest BCUT2D eigenvalue weighted by Gasteiger charge is 2.51. The average molecular weight is 728 g/mol. The van der Waals surface area contributed by atoms with Crippen LogP contribution in [0.3, 0.4) is 0 Å². The number of aliphatic hydroxyl groups excluding tert-OH is 1. The molecule has 0 bridgehead atoms. The molecule has 0 aromatic heterocycles. The summed E-state index contributed by atoms with van der Waals surface area (Å²) in [5.41, 5.74) is 11.3. The number of aliphatic hydroxyl groups is 1. The van der Waals surface area contributed by atoms with Crippen molar-refractivity contribution in [2.45, 2.75) is 85.2 Å². The molecule has 2 fully saturated rings. The van der Waals surface area contributed by atoms with Gasteiger partial charge in [-0.15, -0.1) is 0 Å². The van der Waals surface area contributed by atoms with E-state index in [0.29, 0.717) is 29.7 Å². The molecule has 1 aliphatic heterocycles. The van der Waals surface area contributed by atoms with E-state index in [-0.39, 0.29) is 42.3 Å². The maximum atomic E-state index is 14.4. The Morgan fingerprint density at radius 3 is 2.43 bits per heavy atom. The number of hydroxylamine groups is 2. The van der Waals surface area contributed by atoms with Gasteiger partial charge in [-0.2, -0.15) is 5.06 Å². The van der Waals surface area contributed by atoms with Crippen LogP contribution < -0.4 is 26.0 Å². The minimum atomic E-state index is -0.830. The summed E-state index contributed by atoms with van der Waals surface area (Å²) in [4.78, 5) is 36.2. The van der Waals surface area contributed by atoms with Gasteiger partial charge in [-0.3, -0.25) is 14.4 Å². The number of carbonyl (C=O) groups is 2. The van der Waals surface area contributed by atoms with E-state index in [4.69, 9.17) is 15.3 Å². The van der Waals surface area contributed by atoms with Gasteiger partial charge in [-0.05, 0) is 72.3 Å². The first kappa shape index (κ1) is 40.2. The quantitative estimate of drug-likeness (QED) is 0.178. The van der Waals surface area contributed by atoms with Gasteiger partial charge in [-0.1, -0.05) is 83.1 Å². The zero-order valence-electron chi connectivity index (χ0n) is 33.1. The first-order chi connectivity index (χ1) is 25.2. The number of anilines is 1. The van der Waals surface area contributed by atoms with Gasteiger partial charge in [0.25, 0.3) is 5.91 Å². The molecule has 1 aliphatic carbocycles. The van der Waals surface area contributed by atoms with E-state index < -0.39 is 24.2 Å². The third-order valence-electron chi connectivity index (χ3n) is 12.4. The van der Waals surface area contributed by atoms with Crippen LogP contribution in [0.4, 0.5) is 5.69 Å². The fourth-order valence-electron chi connectivity index (χ4n) is 8.32. The molecule has 5 rings (SSSR count). The molecule has 1 heterocycles. The van der Waals surface area contributed by atoms with Gasteiger partial charge < -0.3 is 31.1 Å². The van der Waals surface area contributed by atoms with E-state index in [1.54, 1.807) is 19.1 Å². The Balaban J connectivity index is 1.43. The summed E-state index contributed by atoms with van der Waals surface area (Å²) >= 11 is 0. The molecule has 1 saturated carbocycles. The van der Waals surface area contributed by atoms with Gasteiger partial charge in [-0.25, -0.2) is 0 Å². The summed E-state index contributed by atoms with van der Waals surface area (Å²) in [5, 5.41) is 19.2. The molecule has 8 atom stereocenters. The Bertz CT molecular complexity index is 1710. The third-order valence-corrected chi connectivity index (χ3v) is 12.4. The summed E-state index contributed by atoms with van der Waals surface area (Å²) in [6.07, 6.45) is 0.244. The van der Waals surface area contributed by atoms with Crippen LogP contribution in [0.2, 0.25) is 0 Å². The van der Waals surface area contributed by atoms with Crippen molar-refractivity contribution in [2.75, 3.05) is 39.2 Å². The second-order valence-corrected chi connectivity index (χ2v) is 16.1. The van der Waals surface area contributed by atoms with Crippen LogP contribution in [0, 0.1) is 29.1 Å². The van der Waals surface area contributed by atoms with Gasteiger partial charge in [0.05, 0.1) is 25.9 Å². The van der Waals surface area contributed by atoms with Crippen LogP contribution in [0.1, 0.15) is 69.4 Å². The largest absolute Gasteiger partial charge is 0.496 e. The molecule has 10 nitrogen and oxygen atoms in total. The Morgan fingerprint density at radius 1 is 1.08 bits per heavy atom. The fourth-order valence-corrected chi connectivity index (χ4v) is 8.32. The summed E-state index contributed by atoms with van der Waals surface area (Å²) in [6.45, 7) is 14.0. The molecule has 0 spiro atoms. The van der Waals surface area contributed by atoms with Gasteiger partial charge in [0.15, 0.2) is 0 Å². The van der Waals surface area contributed by atoms with E-state index in [1.165, 1.54) is 0 Å². The second kappa shape index (κ2) is 17.0. The van der Waals surface area contributed by atoms with Crippen molar-refractivity contribution < 1.29 is 24.3 Å². The molecule has 2 amide bonds. The van der Waals surface area contributed by atoms with Crippen LogP contribution in [0.25, 0.3) is 11.1 Å². The number of nitrogens with one attached hydrogen (secondary N) is 2. The Hall–Kier alpha value is -3.96. The number of hydrogen-bond acceptors (Lipinski definition) is 8. The van der Waals surface area contributed by atoms with Crippen LogP contribution in [0.15, 0.2) is 66.7 Å². The molecule has 288 valence electrons. The maximum Gasteiger partial charge on any atom is 0.251 e. The third kappa shape index (κ3) is 8.72. The zero-order chi connectivity index (χ0) is 38.6. The minimum absolute atomic E-state index is 0.000484. The summed E-state index contributed by atoms with van der Waals surface area (Å²) in [5.74, 6) is 0.878. The maximum absolute atomic E-state index is 14.4. The average Bonchev–Trinajstić information content (AvgIpc) is 3.52. The number of hydrogen-bond donors (Lipinski definition) is 4. The zero-order valence-corrected chi connectivity index (χ0v) is 33.1. The Kier molecular flexibility index (Phi) is 12.9. The second-order valence-electron chi connectivity index (χ2n) is 16.1. The van der Waals surface area contributed by atoms with Crippen LogP contribution in [-0.4, -0.2) is 80.6 Å². The molecule has 0 unspecified atom stereocenters. The van der Waals surface area contributed by atoms with E-state index in [9.17, 15) is 14.7 Å².